The van der Waals surface area contributed by atoms with Crippen molar-refractivity contribution in [3.8, 4) is 0 Å². The summed E-state index contributed by atoms with van der Waals surface area (Å²) in [6.45, 7) is 4.82. The summed E-state index contributed by atoms with van der Waals surface area (Å²) in [6.07, 6.45) is 1.13. The van der Waals surface area contributed by atoms with Crippen molar-refractivity contribution in [3.05, 3.63) is 34.6 Å². The predicted molar refractivity (Wildman–Crippen MR) is 75.7 cm³/mol. The third-order valence-corrected chi connectivity index (χ3v) is 3.60. The summed E-state index contributed by atoms with van der Waals surface area (Å²) in [4.78, 5) is 2.30. The number of benzene rings is 1. The number of rotatable bonds is 3. The molecule has 1 aliphatic rings. The molecule has 2 N–H and O–H groups in total. The quantitative estimate of drug-likeness (QED) is 0.928. The van der Waals surface area contributed by atoms with E-state index in [9.17, 15) is 4.39 Å². The summed E-state index contributed by atoms with van der Waals surface area (Å²) in [5.74, 6) is 0.287. The van der Waals surface area contributed by atoms with Gasteiger partial charge in [0.2, 0.25) is 0 Å². The predicted octanol–water partition coefficient (Wildman–Crippen LogP) is 3.07. The zero-order valence-corrected chi connectivity index (χ0v) is 12.0. The van der Waals surface area contributed by atoms with Crippen molar-refractivity contribution >= 4 is 24.0 Å². The Labute approximate surface area is 119 Å². The van der Waals surface area contributed by atoms with E-state index in [0.717, 1.165) is 31.6 Å². The van der Waals surface area contributed by atoms with Crippen LogP contribution < -0.4 is 5.73 Å². The van der Waals surface area contributed by atoms with Gasteiger partial charge in [-0.2, -0.15) is 0 Å². The second-order valence-corrected chi connectivity index (χ2v) is 5.36. The van der Waals surface area contributed by atoms with E-state index in [1.807, 2.05) is 13.0 Å². The highest BCUT2D eigenvalue weighted by Gasteiger charge is 2.25. The summed E-state index contributed by atoms with van der Waals surface area (Å²) in [5, 5.41) is 0.461. The molecule has 0 aromatic heterocycles. The maximum Gasteiger partial charge on any atom is 0.125 e. The Morgan fingerprint density at radius 2 is 2.22 bits per heavy atom. The van der Waals surface area contributed by atoms with E-state index in [-0.39, 0.29) is 24.3 Å². The van der Waals surface area contributed by atoms with Gasteiger partial charge in [-0.3, -0.25) is 4.90 Å². The Morgan fingerprint density at radius 3 is 2.78 bits per heavy atom. The lowest BCUT2D eigenvalue weighted by molar-refractivity contribution is 0.308. The molecule has 2 unspecified atom stereocenters. The largest absolute Gasteiger partial charge is 0.328 e. The Balaban J connectivity index is 0.00000162. The van der Waals surface area contributed by atoms with Gasteiger partial charge in [0.1, 0.15) is 5.82 Å². The average molecular weight is 293 g/mol. The van der Waals surface area contributed by atoms with Crippen molar-refractivity contribution in [2.24, 2.45) is 11.7 Å². The van der Waals surface area contributed by atoms with Gasteiger partial charge < -0.3 is 5.73 Å². The van der Waals surface area contributed by atoms with E-state index in [4.69, 9.17) is 17.3 Å². The minimum atomic E-state index is -0.268. The first-order valence-corrected chi connectivity index (χ1v) is 6.35. The average Bonchev–Trinajstić information content (AvgIpc) is 2.64. The summed E-state index contributed by atoms with van der Waals surface area (Å²) in [5.41, 5.74) is 6.82. The van der Waals surface area contributed by atoms with Crippen LogP contribution in [0.1, 0.15) is 18.9 Å². The summed E-state index contributed by atoms with van der Waals surface area (Å²) >= 11 is 5.84. The van der Waals surface area contributed by atoms with E-state index in [1.165, 1.54) is 6.07 Å². The number of likely N-dealkylation sites (tertiary alicyclic amines) is 1. The van der Waals surface area contributed by atoms with Crippen molar-refractivity contribution in [2.45, 2.75) is 25.9 Å². The number of hydrogen-bond donors (Lipinski definition) is 1. The molecule has 2 rings (SSSR count). The Hall–Kier alpha value is -0.350. The van der Waals surface area contributed by atoms with Crippen LogP contribution >= 0.6 is 24.0 Å². The molecule has 1 heterocycles. The van der Waals surface area contributed by atoms with Crippen LogP contribution in [0.25, 0.3) is 0 Å². The molecule has 1 aromatic rings. The van der Waals surface area contributed by atoms with Crippen molar-refractivity contribution in [3.63, 3.8) is 0 Å². The second kappa shape index (κ2) is 6.71. The monoisotopic (exact) mass is 292 g/mol. The minimum Gasteiger partial charge on any atom is -0.328 e. The third kappa shape index (κ3) is 4.09. The fourth-order valence-corrected chi connectivity index (χ4v) is 2.64. The van der Waals surface area contributed by atoms with Crippen molar-refractivity contribution in [1.82, 2.24) is 4.90 Å². The lowest BCUT2D eigenvalue weighted by Crippen LogP contribution is -2.29. The summed E-state index contributed by atoms with van der Waals surface area (Å²) < 4.78 is 13.2. The molecule has 18 heavy (non-hydrogen) atoms. The maximum absolute atomic E-state index is 13.2. The molecule has 5 heteroatoms. The van der Waals surface area contributed by atoms with Crippen LogP contribution in [-0.4, -0.2) is 24.0 Å². The molecule has 0 amide bonds. The molecule has 1 aromatic carbocycles. The smallest absolute Gasteiger partial charge is 0.125 e. The first-order valence-electron chi connectivity index (χ1n) is 5.97. The van der Waals surface area contributed by atoms with E-state index >= 15 is 0 Å². The van der Waals surface area contributed by atoms with E-state index < -0.39 is 0 Å². The molecule has 0 aliphatic carbocycles. The van der Waals surface area contributed by atoms with Gasteiger partial charge in [0.15, 0.2) is 0 Å². The van der Waals surface area contributed by atoms with Gasteiger partial charge >= 0.3 is 0 Å². The van der Waals surface area contributed by atoms with Crippen LogP contribution in [0.5, 0.6) is 0 Å². The van der Waals surface area contributed by atoms with Crippen molar-refractivity contribution in [1.29, 1.82) is 0 Å². The highest BCUT2D eigenvalue weighted by molar-refractivity contribution is 6.30. The molecule has 0 bridgehead atoms. The standard InChI is InChI=1S/C13H18ClFN2.ClH/c1-9(16)11-2-3-17(8-11)7-10-4-12(14)6-13(15)5-10;/h4-6,9,11H,2-3,7-8,16H2,1H3;1H. The first-order chi connectivity index (χ1) is 8.04. The lowest BCUT2D eigenvalue weighted by atomic mass is 10.0. The molecular formula is C13H19Cl2FN2. The summed E-state index contributed by atoms with van der Waals surface area (Å²) in [7, 11) is 0. The first kappa shape index (κ1) is 15.7. The SMILES string of the molecule is CC(N)C1CCN(Cc2cc(F)cc(Cl)c2)C1.Cl. The van der Waals surface area contributed by atoms with Crippen LogP contribution in [-0.2, 0) is 6.54 Å². The zero-order valence-electron chi connectivity index (χ0n) is 10.4. The van der Waals surface area contributed by atoms with Gasteiger partial charge in [-0.1, -0.05) is 11.6 Å². The fourth-order valence-electron chi connectivity index (χ4n) is 2.40. The molecule has 1 saturated heterocycles. The van der Waals surface area contributed by atoms with Gasteiger partial charge in [-0.25, -0.2) is 4.39 Å². The molecule has 2 nitrogen and oxygen atoms in total. The van der Waals surface area contributed by atoms with E-state index in [1.54, 1.807) is 6.07 Å². The zero-order chi connectivity index (χ0) is 12.4. The molecular weight excluding hydrogens is 274 g/mol. The summed E-state index contributed by atoms with van der Waals surface area (Å²) in [6, 6.07) is 4.94. The van der Waals surface area contributed by atoms with Crippen LogP contribution in [0.2, 0.25) is 5.02 Å². The van der Waals surface area contributed by atoms with Gasteiger partial charge in [0.25, 0.3) is 0 Å². The number of hydrogen-bond acceptors (Lipinski definition) is 2. The van der Waals surface area contributed by atoms with Gasteiger partial charge in [0.05, 0.1) is 0 Å². The van der Waals surface area contributed by atoms with Gasteiger partial charge in [-0.15, -0.1) is 12.4 Å². The normalized spacial score (nSPS) is 21.7. The second-order valence-electron chi connectivity index (χ2n) is 4.92. The van der Waals surface area contributed by atoms with Gasteiger partial charge in [-0.05, 0) is 49.6 Å². The molecule has 2 atom stereocenters. The van der Waals surface area contributed by atoms with E-state index in [2.05, 4.69) is 4.90 Å². The molecule has 0 spiro atoms. The van der Waals surface area contributed by atoms with E-state index in [0.29, 0.717) is 10.9 Å². The fraction of sp³-hybridized carbons (Fsp3) is 0.538. The Bertz CT molecular complexity index is 378. The van der Waals surface area contributed by atoms with Crippen LogP contribution in [0.3, 0.4) is 0 Å². The Morgan fingerprint density at radius 1 is 1.50 bits per heavy atom. The van der Waals surface area contributed by atoms with Crippen LogP contribution in [0, 0.1) is 11.7 Å². The van der Waals surface area contributed by atoms with Crippen LogP contribution in [0.15, 0.2) is 18.2 Å². The molecule has 102 valence electrons. The highest BCUT2D eigenvalue weighted by atomic mass is 35.5. The highest BCUT2D eigenvalue weighted by Crippen LogP contribution is 2.22. The Kier molecular flexibility index (Phi) is 5.86. The van der Waals surface area contributed by atoms with Crippen LogP contribution in [0.4, 0.5) is 4.39 Å². The molecule has 1 aliphatic heterocycles. The third-order valence-electron chi connectivity index (χ3n) is 3.38. The topological polar surface area (TPSA) is 29.3 Å². The molecule has 0 saturated carbocycles. The number of nitrogens with zero attached hydrogens (tertiary/aromatic N) is 1. The molecule has 0 radical (unpaired) electrons. The number of halogens is 3. The lowest BCUT2D eigenvalue weighted by Gasteiger charge is -2.18. The van der Waals surface area contributed by atoms with Crippen molar-refractivity contribution in [2.75, 3.05) is 13.1 Å². The van der Waals surface area contributed by atoms with Gasteiger partial charge in [0, 0.05) is 24.2 Å². The van der Waals surface area contributed by atoms with Crippen molar-refractivity contribution < 1.29 is 4.39 Å². The maximum atomic E-state index is 13.2. The number of nitrogens with two attached hydrogens (primary N) is 1. The molecule has 1 fully saturated rings. The minimum absolute atomic E-state index is 0.